The van der Waals surface area contributed by atoms with Crippen molar-refractivity contribution in [2.75, 3.05) is 16.8 Å². The van der Waals surface area contributed by atoms with E-state index in [-0.39, 0.29) is 11.8 Å². The number of rotatable bonds is 2. The molecule has 0 spiro atoms. The Hall–Kier alpha value is -2.69. The molecular formula is C16H15N3O2. The average Bonchev–Trinajstić information content (AvgIpc) is 2.90. The van der Waals surface area contributed by atoms with E-state index in [1.54, 1.807) is 29.4 Å². The number of carbonyl (C=O) groups excluding carboxylic acids is 2. The first-order valence-corrected chi connectivity index (χ1v) is 6.77. The van der Waals surface area contributed by atoms with Crippen LogP contribution in [0, 0.1) is 0 Å². The van der Waals surface area contributed by atoms with Gasteiger partial charge in [-0.2, -0.15) is 0 Å². The second-order valence-electron chi connectivity index (χ2n) is 4.97. The molecule has 0 aliphatic carbocycles. The van der Waals surface area contributed by atoms with Crippen LogP contribution in [-0.2, 0) is 11.2 Å². The number of fused-ring (bicyclic) bond motifs is 1. The smallest absolute Gasteiger partial charge is 0.259 e. The fraction of sp³-hybridized carbons (Fsp3) is 0.188. The van der Waals surface area contributed by atoms with Crippen molar-refractivity contribution >= 4 is 23.2 Å². The molecule has 1 aliphatic heterocycles. The molecular weight excluding hydrogens is 266 g/mol. The maximum Gasteiger partial charge on any atom is 0.259 e. The van der Waals surface area contributed by atoms with Crippen molar-refractivity contribution in [3.63, 3.8) is 0 Å². The Morgan fingerprint density at radius 1 is 1.29 bits per heavy atom. The second-order valence-corrected chi connectivity index (χ2v) is 4.97. The Labute approximate surface area is 122 Å². The molecule has 2 amide bonds. The standard InChI is InChI=1S/C16H15N3O2/c1-11(20)18-14-5-4-12-6-8-19(15(12)9-14)16(21)13-3-2-7-17-10-13/h2-5,7,9-10H,6,8H2,1H3,(H,18,20). The van der Waals surface area contributed by atoms with Crippen molar-refractivity contribution in [3.8, 4) is 0 Å². The number of anilines is 2. The van der Waals surface area contributed by atoms with Gasteiger partial charge in [0.15, 0.2) is 0 Å². The van der Waals surface area contributed by atoms with Crippen LogP contribution in [0.4, 0.5) is 11.4 Å². The first-order valence-electron chi connectivity index (χ1n) is 6.77. The summed E-state index contributed by atoms with van der Waals surface area (Å²) in [7, 11) is 0. The maximum atomic E-state index is 12.5. The lowest BCUT2D eigenvalue weighted by molar-refractivity contribution is -0.114. The Morgan fingerprint density at radius 3 is 2.86 bits per heavy atom. The number of benzene rings is 1. The van der Waals surface area contributed by atoms with Crippen LogP contribution in [0.1, 0.15) is 22.8 Å². The van der Waals surface area contributed by atoms with Crippen LogP contribution in [0.3, 0.4) is 0 Å². The van der Waals surface area contributed by atoms with Gasteiger partial charge in [0, 0.05) is 37.2 Å². The predicted molar refractivity (Wildman–Crippen MR) is 80.4 cm³/mol. The monoisotopic (exact) mass is 281 g/mol. The minimum atomic E-state index is -0.127. The van der Waals surface area contributed by atoms with Gasteiger partial charge in [0.25, 0.3) is 5.91 Å². The minimum absolute atomic E-state index is 0.0678. The summed E-state index contributed by atoms with van der Waals surface area (Å²) in [6, 6.07) is 9.16. The topological polar surface area (TPSA) is 62.3 Å². The molecule has 1 aromatic heterocycles. The quantitative estimate of drug-likeness (QED) is 0.918. The third-order valence-corrected chi connectivity index (χ3v) is 3.45. The van der Waals surface area contributed by atoms with E-state index in [1.165, 1.54) is 6.92 Å². The molecule has 0 bridgehead atoms. The first kappa shape index (κ1) is 13.3. The summed E-state index contributed by atoms with van der Waals surface area (Å²) >= 11 is 0. The van der Waals surface area contributed by atoms with Crippen molar-refractivity contribution < 1.29 is 9.59 Å². The van der Waals surface area contributed by atoms with Gasteiger partial charge in [0.1, 0.15) is 0 Å². The normalized spacial score (nSPS) is 12.9. The number of amides is 2. The van der Waals surface area contributed by atoms with Gasteiger partial charge in [-0.3, -0.25) is 14.6 Å². The summed E-state index contributed by atoms with van der Waals surface area (Å²) in [5, 5.41) is 2.74. The van der Waals surface area contributed by atoms with Crippen molar-refractivity contribution in [2.45, 2.75) is 13.3 Å². The van der Waals surface area contributed by atoms with Gasteiger partial charge >= 0.3 is 0 Å². The van der Waals surface area contributed by atoms with Gasteiger partial charge in [-0.25, -0.2) is 0 Å². The molecule has 0 saturated heterocycles. The Balaban J connectivity index is 1.92. The molecule has 1 aromatic carbocycles. The van der Waals surface area contributed by atoms with Crippen LogP contribution in [0.2, 0.25) is 0 Å². The van der Waals surface area contributed by atoms with Gasteiger partial charge in [-0.1, -0.05) is 6.07 Å². The number of hydrogen-bond acceptors (Lipinski definition) is 3. The molecule has 3 rings (SSSR count). The highest BCUT2D eigenvalue weighted by atomic mass is 16.2. The highest BCUT2D eigenvalue weighted by molar-refractivity contribution is 6.07. The second kappa shape index (κ2) is 5.36. The van der Waals surface area contributed by atoms with Crippen molar-refractivity contribution in [2.24, 2.45) is 0 Å². The zero-order valence-corrected chi connectivity index (χ0v) is 11.7. The summed E-state index contributed by atoms with van der Waals surface area (Å²) in [6.45, 7) is 2.11. The zero-order chi connectivity index (χ0) is 14.8. The van der Waals surface area contributed by atoms with E-state index >= 15 is 0 Å². The van der Waals surface area contributed by atoms with E-state index in [1.807, 2.05) is 18.2 Å². The first-order chi connectivity index (χ1) is 10.1. The molecule has 0 radical (unpaired) electrons. The van der Waals surface area contributed by atoms with Crippen LogP contribution in [-0.4, -0.2) is 23.3 Å². The van der Waals surface area contributed by atoms with Gasteiger partial charge in [0.05, 0.1) is 5.56 Å². The fourth-order valence-corrected chi connectivity index (χ4v) is 2.52. The molecule has 21 heavy (non-hydrogen) atoms. The van der Waals surface area contributed by atoms with Crippen molar-refractivity contribution in [1.82, 2.24) is 4.98 Å². The third-order valence-electron chi connectivity index (χ3n) is 3.45. The van der Waals surface area contributed by atoms with Crippen molar-refractivity contribution in [1.29, 1.82) is 0 Å². The van der Waals surface area contributed by atoms with Crippen LogP contribution in [0.5, 0.6) is 0 Å². The van der Waals surface area contributed by atoms with Gasteiger partial charge in [-0.15, -0.1) is 0 Å². The highest BCUT2D eigenvalue weighted by Gasteiger charge is 2.25. The van der Waals surface area contributed by atoms with Gasteiger partial charge in [0.2, 0.25) is 5.91 Å². The number of nitrogens with zero attached hydrogens (tertiary/aromatic N) is 2. The molecule has 1 N–H and O–H groups in total. The molecule has 5 heteroatoms. The number of pyridine rings is 1. The highest BCUT2D eigenvalue weighted by Crippen LogP contribution is 2.31. The maximum absolute atomic E-state index is 12.5. The lowest BCUT2D eigenvalue weighted by Crippen LogP contribution is -2.29. The molecule has 0 saturated carbocycles. The van der Waals surface area contributed by atoms with Crippen LogP contribution < -0.4 is 10.2 Å². The number of carbonyl (C=O) groups is 2. The zero-order valence-electron chi connectivity index (χ0n) is 11.7. The van der Waals surface area contributed by atoms with E-state index in [2.05, 4.69) is 10.3 Å². The molecule has 2 heterocycles. The SMILES string of the molecule is CC(=O)Nc1ccc2c(c1)N(C(=O)c1cccnc1)CC2. The summed E-state index contributed by atoms with van der Waals surface area (Å²) in [5.41, 5.74) is 3.24. The molecule has 2 aromatic rings. The van der Waals surface area contributed by atoms with Gasteiger partial charge < -0.3 is 10.2 Å². The van der Waals surface area contributed by atoms with Crippen LogP contribution in [0.15, 0.2) is 42.7 Å². The van der Waals surface area contributed by atoms with E-state index < -0.39 is 0 Å². The molecule has 0 unspecified atom stereocenters. The van der Waals surface area contributed by atoms with Crippen LogP contribution >= 0.6 is 0 Å². The Morgan fingerprint density at radius 2 is 2.14 bits per heavy atom. The van der Waals surface area contributed by atoms with E-state index in [4.69, 9.17) is 0 Å². The van der Waals surface area contributed by atoms with Crippen molar-refractivity contribution in [3.05, 3.63) is 53.9 Å². The van der Waals surface area contributed by atoms with E-state index in [0.29, 0.717) is 17.8 Å². The predicted octanol–water partition coefficient (Wildman–Crippen LogP) is 2.24. The van der Waals surface area contributed by atoms with E-state index in [9.17, 15) is 9.59 Å². The van der Waals surface area contributed by atoms with Gasteiger partial charge in [-0.05, 0) is 36.2 Å². The largest absolute Gasteiger partial charge is 0.326 e. The number of aromatic nitrogens is 1. The Kier molecular flexibility index (Phi) is 3.39. The lowest BCUT2D eigenvalue weighted by atomic mass is 10.1. The summed E-state index contributed by atoms with van der Waals surface area (Å²) in [4.78, 5) is 29.4. The third kappa shape index (κ3) is 2.63. The van der Waals surface area contributed by atoms with E-state index in [0.717, 1.165) is 17.7 Å². The molecule has 0 atom stereocenters. The Bertz CT molecular complexity index is 698. The number of hydrogen-bond donors (Lipinski definition) is 1. The average molecular weight is 281 g/mol. The molecule has 5 nitrogen and oxygen atoms in total. The molecule has 1 aliphatic rings. The summed E-state index contributed by atoms with van der Waals surface area (Å²) < 4.78 is 0. The minimum Gasteiger partial charge on any atom is -0.326 e. The van der Waals surface area contributed by atoms with Crippen LogP contribution in [0.25, 0.3) is 0 Å². The molecule has 106 valence electrons. The lowest BCUT2D eigenvalue weighted by Gasteiger charge is -2.18. The summed E-state index contributed by atoms with van der Waals surface area (Å²) in [6.07, 6.45) is 4.03. The number of nitrogens with one attached hydrogen (secondary N) is 1. The molecule has 0 fully saturated rings. The fourth-order valence-electron chi connectivity index (χ4n) is 2.52. The summed E-state index contributed by atoms with van der Waals surface area (Å²) in [5.74, 6) is -0.195.